The Morgan fingerprint density at radius 3 is 2.75 bits per heavy atom. The van der Waals surface area contributed by atoms with Crippen LogP contribution in [0.1, 0.15) is 12.8 Å². The van der Waals surface area contributed by atoms with Gasteiger partial charge < -0.3 is 15.4 Å². The second kappa shape index (κ2) is 3.75. The molecule has 2 N–H and O–H groups in total. The Kier molecular flexibility index (Phi) is 2.37. The smallest absolute Gasteiger partial charge is 0.224 e. The number of anilines is 2. The minimum atomic E-state index is 0.239. The summed E-state index contributed by atoms with van der Waals surface area (Å²) in [6.07, 6.45) is 4.43. The van der Waals surface area contributed by atoms with Gasteiger partial charge in [0.1, 0.15) is 0 Å². The summed E-state index contributed by atoms with van der Waals surface area (Å²) in [5.41, 5.74) is 6.44. The first-order valence-corrected chi connectivity index (χ1v) is 5.78. The second-order valence-electron chi connectivity index (χ2n) is 4.28. The Hall–Kier alpha value is -1.07. The van der Waals surface area contributed by atoms with Crippen LogP contribution in [0.2, 0.25) is 5.28 Å². The van der Waals surface area contributed by atoms with Crippen LogP contribution in [0.25, 0.3) is 0 Å². The highest BCUT2D eigenvalue weighted by Gasteiger charge is 2.34. The zero-order valence-electron chi connectivity index (χ0n) is 8.77. The van der Waals surface area contributed by atoms with Crippen molar-refractivity contribution in [3.05, 3.63) is 11.5 Å². The van der Waals surface area contributed by atoms with Gasteiger partial charge in [0.2, 0.25) is 5.28 Å². The van der Waals surface area contributed by atoms with E-state index in [4.69, 9.17) is 22.1 Å². The Labute approximate surface area is 98.6 Å². The molecule has 0 saturated carbocycles. The normalized spacial score (nSPS) is 28.4. The maximum atomic E-state index is 5.87. The first-order chi connectivity index (χ1) is 7.72. The first kappa shape index (κ1) is 10.1. The fraction of sp³-hybridized carbons (Fsp3) is 0.600. The van der Waals surface area contributed by atoms with Crippen LogP contribution < -0.4 is 10.6 Å². The molecule has 0 spiro atoms. The molecule has 2 bridgehead atoms. The molecule has 3 heterocycles. The summed E-state index contributed by atoms with van der Waals surface area (Å²) >= 11 is 5.79. The Morgan fingerprint density at radius 2 is 2.06 bits per heavy atom. The van der Waals surface area contributed by atoms with E-state index in [-0.39, 0.29) is 5.28 Å². The molecule has 0 aliphatic carbocycles. The lowest BCUT2D eigenvalue weighted by molar-refractivity contribution is 0.0303. The topological polar surface area (TPSA) is 64.3 Å². The fourth-order valence-corrected chi connectivity index (χ4v) is 2.53. The van der Waals surface area contributed by atoms with Crippen molar-refractivity contribution in [3.8, 4) is 0 Å². The Bertz CT molecular complexity index is 402. The fourth-order valence-electron chi connectivity index (χ4n) is 2.40. The van der Waals surface area contributed by atoms with E-state index in [9.17, 15) is 0 Å². The lowest BCUT2D eigenvalue weighted by Crippen LogP contribution is -2.43. The van der Waals surface area contributed by atoms with Gasteiger partial charge in [-0.3, -0.25) is 0 Å². The number of aromatic nitrogens is 2. The van der Waals surface area contributed by atoms with E-state index in [1.807, 2.05) is 0 Å². The molecular formula is C10H13ClN4O. The summed E-state index contributed by atoms with van der Waals surface area (Å²) in [7, 11) is 0. The SMILES string of the molecule is Nc1cnc(Cl)nc1N1CC2CCC(C1)O2. The molecule has 86 valence electrons. The van der Waals surface area contributed by atoms with Crippen LogP contribution in [0.4, 0.5) is 11.5 Å². The highest BCUT2D eigenvalue weighted by Crippen LogP contribution is 2.31. The minimum absolute atomic E-state index is 0.239. The molecule has 0 radical (unpaired) electrons. The standard InChI is InChI=1S/C10H13ClN4O/c11-10-13-3-8(12)9(14-10)15-4-6-1-2-7(5-15)16-6/h3,6-7H,1-2,4-5,12H2. The molecule has 0 amide bonds. The van der Waals surface area contributed by atoms with E-state index in [1.54, 1.807) is 6.20 Å². The van der Waals surface area contributed by atoms with Crippen molar-refractivity contribution in [1.82, 2.24) is 9.97 Å². The van der Waals surface area contributed by atoms with Gasteiger partial charge in [-0.05, 0) is 24.4 Å². The number of ether oxygens (including phenoxy) is 1. The van der Waals surface area contributed by atoms with Crippen LogP contribution in [0.5, 0.6) is 0 Å². The summed E-state index contributed by atoms with van der Waals surface area (Å²) in [4.78, 5) is 10.2. The van der Waals surface area contributed by atoms with E-state index in [0.29, 0.717) is 17.9 Å². The van der Waals surface area contributed by atoms with Crippen LogP contribution in [0.3, 0.4) is 0 Å². The van der Waals surface area contributed by atoms with Crippen molar-refractivity contribution >= 4 is 23.1 Å². The van der Waals surface area contributed by atoms with Gasteiger partial charge in [0.15, 0.2) is 5.82 Å². The molecule has 1 aromatic rings. The van der Waals surface area contributed by atoms with Crippen molar-refractivity contribution in [2.45, 2.75) is 25.0 Å². The molecule has 2 aliphatic heterocycles. The molecule has 0 aromatic carbocycles. The molecular weight excluding hydrogens is 228 g/mol. The van der Waals surface area contributed by atoms with E-state index < -0.39 is 0 Å². The van der Waals surface area contributed by atoms with Gasteiger partial charge in [-0.15, -0.1) is 0 Å². The van der Waals surface area contributed by atoms with E-state index in [2.05, 4.69) is 14.9 Å². The van der Waals surface area contributed by atoms with E-state index in [0.717, 1.165) is 31.7 Å². The average Bonchev–Trinajstić information content (AvgIpc) is 2.61. The highest BCUT2D eigenvalue weighted by atomic mass is 35.5. The number of nitrogen functional groups attached to an aromatic ring is 1. The summed E-state index contributed by atoms with van der Waals surface area (Å²) in [6, 6.07) is 0. The van der Waals surface area contributed by atoms with Gasteiger partial charge in [0.25, 0.3) is 0 Å². The third kappa shape index (κ3) is 1.70. The van der Waals surface area contributed by atoms with Crippen molar-refractivity contribution < 1.29 is 4.74 Å². The highest BCUT2D eigenvalue weighted by molar-refractivity contribution is 6.28. The first-order valence-electron chi connectivity index (χ1n) is 5.41. The number of rotatable bonds is 1. The third-order valence-corrected chi connectivity index (χ3v) is 3.29. The van der Waals surface area contributed by atoms with Crippen LogP contribution in [-0.2, 0) is 4.74 Å². The van der Waals surface area contributed by atoms with E-state index in [1.165, 1.54) is 0 Å². The van der Waals surface area contributed by atoms with E-state index >= 15 is 0 Å². The average molecular weight is 241 g/mol. The molecule has 2 fully saturated rings. The molecule has 2 unspecified atom stereocenters. The number of nitrogens with zero attached hydrogens (tertiary/aromatic N) is 3. The summed E-state index contributed by atoms with van der Waals surface area (Å²) < 4.78 is 5.76. The molecule has 5 nitrogen and oxygen atoms in total. The Balaban J connectivity index is 1.89. The zero-order chi connectivity index (χ0) is 11.1. The quantitative estimate of drug-likeness (QED) is 0.745. The number of morpholine rings is 1. The van der Waals surface area contributed by atoms with Crippen molar-refractivity contribution in [1.29, 1.82) is 0 Å². The predicted octanol–water partition coefficient (Wildman–Crippen LogP) is 1.08. The van der Waals surface area contributed by atoms with Crippen LogP contribution >= 0.6 is 11.6 Å². The van der Waals surface area contributed by atoms with Gasteiger partial charge in [0.05, 0.1) is 24.1 Å². The summed E-state index contributed by atoms with van der Waals surface area (Å²) in [5.74, 6) is 0.736. The zero-order valence-corrected chi connectivity index (χ0v) is 9.52. The van der Waals surface area contributed by atoms with Crippen LogP contribution in [-0.4, -0.2) is 35.3 Å². The van der Waals surface area contributed by atoms with Crippen LogP contribution in [0.15, 0.2) is 6.20 Å². The Morgan fingerprint density at radius 1 is 1.38 bits per heavy atom. The predicted molar refractivity (Wildman–Crippen MR) is 61.6 cm³/mol. The molecule has 6 heteroatoms. The van der Waals surface area contributed by atoms with Crippen molar-refractivity contribution in [2.24, 2.45) is 0 Å². The lowest BCUT2D eigenvalue weighted by atomic mass is 10.2. The monoisotopic (exact) mass is 240 g/mol. The van der Waals surface area contributed by atoms with Crippen LogP contribution in [0, 0.1) is 0 Å². The number of nitrogens with two attached hydrogens (primary N) is 1. The lowest BCUT2D eigenvalue weighted by Gasteiger charge is -2.33. The maximum absolute atomic E-state index is 5.87. The number of halogens is 1. The van der Waals surface area contributed by atoms with Crippen molar-refractivity contribution in [2.75, 3.05) is 23.7 Å². The third-order valence-electron chi connectivity index (χ3n) is 3.11. The molecule has 3 rings (SSSR count). The van der Waals surface area contributed by atoms with Gasteiger partial charge in [-0.2, -0.15) is 4.98 Å². The number of hydrogen-bond acceptors (Lipinski definition) is 5. The number of hydrogen-bond donors (Lipinski definition) is 1. The van der Waals surface area contributed by atoms with Gasteiger partial charge >= 0.3 is 0 Å². The molecule has 2 saturated heterocycles. The molecule has 1 aromatic heterocycles. The maximum Gasteiger partial charge on any atom is 0.224 e. The summed E-state index contributed by atoms with van der Waals surface area (Å²) in [6.45, 7) is 1.68. The molecule has 2 atom stereocenters. The second-order valence-corrected chi connectivity index (χ2v) is 4.62. The van der Waals surface area contributed by atoms with Gasteiger partial charge in [-0.1, -0.05) is 0 Å². The van der Waals surface area contributed by atoms with Gasteiger partial charge in [0, 0.05) is 13.1 Å². The minimum Gasteiger partial charge on any atom is -0.394 e. The molecule has 16 heavy (non-hydrogen) atoms. The van der Waals surface area contributed by atoms with Gasteiger partial charge in [-0.25, -0.2) is 4.98 Å². The molecule has 2 aliphatic rings. The van der Waals surface area contributed by atoms with Crippen molar-refractivity contribution in [3.63, 3.8) is 0 Å². The number of fused-ring (bicyclic) bond motifs is 2. The summed E-state index contributed by atoms with van der Waals surface area (Å²) in [5, 5.41) is 0.239. The largest absolute Gasteiger partial charge is 0.394 e.